The van der Waals surface area contributed by atoms with Gasteiger partial charge in [-0.1, -0.05) is 47.6 Å². The Bertz CT molecular complexity index is 1950. The van der Waals surface area contributed by atoms with Crippen molar-refractivity contribution in [2.75, 3.05) is 19.0 Å². The van der Waals surface area contributed by atoms with Gasteiger partial charge in [-0.2, -0.15) is 0 Å². The van der Waals surface area contributed by atoms with Crippen LogP contribution in [0.25, 0.3) is 10.4 Å². The molecule has 5 rings (SSSR count). The molecule has 1 aliphatic rings. The highest BCUT2D eigenvalue weighted by molar-refractivity contribution is 7.91. The highest BCUT2D eigenvalue weighted by Crippen LogP contribution is 2.45. The van der Waals surface area contributed by atoms with Crippen molar-refractivity contribution in [3.8, 4) is 5.75 Å². The number of aliphatic imine (C=N–C) groups is 1. The first-order chi connectivity index (χ1) is 23.6. The first kappa shape index (κ1) is 35.0. The largest absolute Gasteiger partial charge is 0.494 e. The normalized spacial score (nSPS) is 17.0. The molecule has 0 saturated carbocycles. The number of aliphatic hydroxyl groups excluding tert-OH is 1. The maximum atomic E-state index is 14.3. The molecule has 12 nitrogen and oxygen atoms in total. The molecule has 3 N–H and O–H groups in total. The lowest BCUT2D eigenvalue weighted by Crippen LogP contribution is -2.53. The number of hydrogen-bond donors (Lipinski definition) is 3. The average Bonchev–Trinajstić information content (AvgIpc) is 3.49. The zero-order valence-corrected chi connectivity index (χ0v) is 26.8. The topological polar surface area (TPSA) is 175 Å². The molecule has 4 aromatic carbocycles. The number of benzene rings is 4. The van der Waals surface area contributed by atoms with Gasteiger partial charge in [-0.3, -0.25) is 10.2 Å². The number of aliphatic hydroxyl groups is 1. The van der Waals surface area contributed by atoms with Gasteiger partial charge in [0.2, 0.25) is 5.90 Å². The second-order valence-electron chi connectivity index (χ2n) is 11.0. The highest BCUT2D eigenvalue weighted by atomic mass is 32.2. The first-order valence-electron chi connectivity index (χ1n) is 15.2. The molecule has 0 unspecified atom stereocenters. The van der Waals surface area contributed by atoms with Crippen LogP contribution >= 0.6 is 0 Å². The summed E-state index contributed by atoms with van der Waals surface area (Å²) < 4.78 is 66.7. The van der Waals surface area contributed by atoms with Gasteiger partial charge in [0.05, 0.1) is 17.3 Å². The summed E-state index contributed by atoms with van der Waals surface area (Å²) in [5, 5.41) is 12.8. The summed E-state index contributed by atoms with van der Waals surface area (Å²) in [6.07, 6.45) is -1.23. The van der Waals surface area contributed by atoms with Gasteiger partial charge < -0.3 is 14.6 Å². The number of nitrogens with zero attached hydrogens (tertiary/aromatic N) is 4. The molecule has 1 aliphatic heterocycles. The molecule has 0 bridgehead atoms. The Kier molecular flexibility index (Phi) is 11.2. The molecule has 49 heavy (non-hydrogen) atoms. The molecule has 1 heterocycles. The van der Waals surface area contributed by atoms with Gasteiger partial charge >= 0.3 is 0 Å². The van der Waals surface area contributed by atoms with Crippen molar-refractivity contribution in [3.05, 3.63) is 136 Å². The summed E-state index contributed by atoms with van der Waals surface area (Å²) in [4.78, 5) is 22.0. The second-order valence-corrected chi connectivity index (χ2v) is 13.1. The van der Waals surface area contributed by atoms with Gasteiger partial charge in [-0.25, -0.2) is 27.6 Å². The number of rotatable bonds is 15. The van der Waals surface area contributed by atoms with E-state index in [-0.39, 0.29) is 47.2 Å². The summed E-state index contributed by atoms with van der Waals surface area (Å²) in [5.74, 6) is -2.43. The van der Waals surface area contributed by atoms with Crippen LogP contribution in [0.3, 0.4) is 0 Å². The Hall–Kier alpha value is -5.34. The van der Waals surface area contributed by atoms with Crippen LogP contribution in [0.5, 0.6) is 5.75 Å². The van der Waals surface area contributed by atoms with E-state index in [1.165, 1.54) is 18.2 Å². The molecular formula is C34H32F2N6O6S. The van der Waals surface area contributed by atoms with E-state index in [0.29, 0.717) is 24.3 Å². The van der Waals surface area contributed by atoms with E-state index in [1.807, 2.05) is 0 Å². The average molecular weight is 691 g/mol. The van der Waals surface area contributed by atoms with E-state index in [4.69, 9.17) is 19.6 Å². The molecule has 0 fully saturated rings. The minimum atomic E-state index is -3.94. The van der Waals surface area contributed by atoms with Gasteiger partial charge in [0.15, 0.2) is 21.5 Å². The third kappa shape index (κ3) is 8.39. The fraction of sp³-hybridized carbons (Fsp3) is 0.235. The Morgan fingerprint density at radius 2 is 1.71 bits per heavy atom. The summed E-state index contributed by atoms with van der Waals surface area (Å²) in [7, 11) is -3.94. The van der Waals surface area contributed by atoms with Crippen LogP contribution in [0.1, 0.15) is 35.6 Å². The third-order valence-corrected chi connectivity index (χ3v) is 9.40. The van der Waals surface area contributed by atoms with E-state index in [0.717, 1.165) is 18.2 Å². The number of amides is 1. The number of nitrogens with one attached hydrogen (secondary N) is 2. The van der Waals surface area contributed by atoms with Gasteiger partial charge in [0, 0.05) is 53.8 Å². The SMILES string of the molecule is [N-]=[N+]=Nc1ccccc1[C@@H]1OC(c2ccc(OCCCO)cc2)=N[C@]1(CCS(=O)(=O)c1ccccc1)C(=O)NNCc1cc(F)cc(F)c1. The van der Waals surface area contributed by atoms with E-state index < -0.39 is 44.8 Å². The first-order valence-corrected chi connectivity index (χ1v) is 16.8. The Morgan fingerprint density at radius 1 is 1.02 bits per heavy atom. The Morgan fingerprint density at radius 3 is 2.41 bits per heavy atom. The third-order valence-electron chi connectivity index (χ3n) is 7.67. The number of carbonyl (C=O) groups is 1. The van der Waals surface area contributed by atoms with Gasteiger partial charge in [0.25, 0.3) is 5.91 Å². The van der Waals surface area contributed by atoms with Gasteiger partial charge in [-0.05, 0) is 59.6 Å². The molecule has 0 saturated heterocycles. The molecular weight excluding hydrogens is 658 g/mol. The van der Waals surface area contributed by atoms with Crippen LogP contribution in [0.2, 0.25) is 0 Å². The number of sulfone groups is 1. The molecule has 0 spiro atoms. The molecule has 1 amide bonds. The predicted octanol–water partition coefficient (Wildman–Crippen LogP) is 5.61. The predicted molar refractivity (Wildman–Crippen MR) is 176 cm³/mol. The van der Waals surface area contributed by atoms with Crippen molar-refractivity contribution in [1.29, 1.82) is 0 Å². The Balaban J connectivity index is 1.56. The van der Waals surface area contributed by atoms with E-state index in [9.17, 15) is 27.5 Å². The van der Waals surface area contributed by atoms with Crippen molar-refractivity contribution in [2.45, 2.75) is 35.9 Å². The number of azide groups is 1. The number of hydrogen-bond acceptors (Lipinski definition) is 9. The minimum absolute atomic E-state index is 0.00195. The number of halogens is 2. The maximum absolute atomic E-state index is 14.3. The van der Waals surface area contributed by atoms with Gasteiger partial charge in [-0.15, -0.1) is 0 Å². The van der Waals surface area contributed by atoms with Crippen LogP contribution in [0.4, 0.5) is 14.5 Å². The zero-order valence-electron chi connectivity index (χ0n) is 26.0. The fourth-order valence-corrected chi connectivity index (χ4v) is 6.67. The van der Waals surface area contributed by atoms with Crippen molar-refractivity contribution in [2.24, 2.45) is 10.1 Å². The van der Waals surface area contributed by atoms with Crippen LogP contribution in [-0.2, 0) is 25.9 Å². The zero-order chi connectivity index (χ0) is 34.9. The van der Waals surface area contributed by atoms with Crippen LogP contribution in [0, 0.1) is 11.6 Å². The van der Waals surface area contributed by atoms with Crippen LogP contribution < -0.4 is 15.6 Å². The summed E-state index contributed by atoms with van der Waals surface area (Å²) in [5.41, 5.74) is 13.6. The molecule has 0 radical (unpaired) electrons. The monoisotopic (exact) mass is 690 g/mol. The van der Waals surface area contributed by atoms with E-state index in [1.54, 1.807) is 60.7 Å². The molecule has 2 atom stereocenters. The van der Waals surface area contributed by atoms with Crippen molar-refractivity contribution >= 4 is 27.3 Å². The van der Waals surface area contributed by atoms with E-state index in [2.05, 4.69) is 20.9 Å². The number of ether oxygens (including phenoxy) is 2. The summed E-state index contributed by atoms with van der Waals surface area (Å²) >= 11 is 0. The smallest absolute Gasteiger partial charge is 0.266 e. The molecule has 254 valence electrons. The van der Waals surface area contributed by atoms with Crippen molar-refractivity contribution < 1.29 is 36.6 Å². The van der Waals surface area contributed by atoms with Crippen molar-refractivity contribution in [1.82, 2.24) is 10.9 Å². The van der Waals surface area contributed by atoms with Crippen LogP contribution in [-0.4, -0.2) is 49.8 Å². The molecule has 0 aromatic heterocycles. The lowest BCUT2D eigenvalue weighted by Gasteiger charge is -2.31. The van der Waals surface area contributed by atoms with E-state index >= 15 is 0 Å². The van der Waals surface area contributed by atoms with Crippen molar-refractivity contribution in [3.63, 3.8) is 0 Å². The second kappa shape index (κ2) is 15.7. The summed E-state index contributed by atoms with van der Waals surface area (Å²) in [6.45, 7) is 0.0769. The van der Waals surface area contributed by atoms with Gasteiger partial charge in [0.1, 0.15) is 17.4 Å². The maximum Gasteiger partial charge on any atom is 0.266 e. The number of carbonyl (C=O) groups excluding carboxylic acids is 1. The molecule has 0 aliphatic carbocycles. The van der Waals surface area contributed by atoms with Crippen LogP contribution in [0.15, 0.2) is 112 Å². The molecule has 15 heteroatoms. The lowest BCUT2D eigenvalue weighted by atomic mass is 9.84. The standard InChI is InChI=1S/C34H32F2N6O6S/c35-25-19-23(20-26(36)21-25)22-38-41-33(44)34(15-18-49(45,46)28-7-2-1-3-8-28)31(29-9-4-5-10-30(29)40-42-37)48-32(39-34)24-11-13-27(14-12-24)47-17-6-16-43/h1-5,7-14,19-21,31,38,43H,6,15-18,22H2,(H,41,44)/t31-,34-/m0/s1. The molecule has 4 aromatic rings. The fourth-order valence-electron chi connectivity index (χ4n) is 5.28. The highest BCUT2D eigenvalue weighted by Gasteiger charge is 2.54. The Labute approximate surface area is 280 Å². The quantitative estimate of drug-likeness (QED) is 0.0478. The minimum Gasteiger partial charge on any atom is -0.494 e. The summed E-state index contributed by atoms with van der Waals surface area (Å²) in [6, 6.07) is 23.6. The lowest BCUT2D eigenvalue weighted by molar-refractivity contribution is -0.130. The number of hydrazine groups is 1.